The third-order valence-electron chi connectivity index (χ3n) is 2.42. The van der Waals surface area contributed by atoms with Crippen molar-refractivity contribution in [3.05, 3.63) is 38.6 Å². The van der Waals surface area contributed by atoms with Gasteiger partial charge in [-0.3, -0.25) is 0 Å². The zero-order chi connectivity index (χ0) is 14.3. The molecule has 0 fully saturated rings. The first-order valence-electron chi connectivity index (χ1n) is 5.08. The van der Waals surface area contributed by atoms with E-state index >= 15 is 0 Å². The van der Waals surface area contributed by atoms with E-state index in [1.54, 1.807) is 12.1 Å². The number of sulfonamides is 1. The van der Waals surface area contributed by atoms with Gasteiger partial charge in [-0.1, -0.05) is 22.0 Å². The van der Waals surface area contributed by atoms with Crippen molar-refractivity contribution in [3.8, 4) is 0 Å². The average molecular weight is 431 g/mol. The molecule has 0 saturated heterocycles. The van der Waals surface area contributed by atoms with Crippen LogP contribution in [0.3, 0.4) is 0 Å². The Morgan fingerprint density at radius 3 is 2.53 bits per heavy atom. The van der Waals surface area contributed by atoms with Crippen molar-refractivity contribution in [1.82, 2.24) is 4.72 Å². The number of rotatable bonds is 3. The largest absolute Gasteiger partial charge is 0.242 e. The number of benzene rings is 1. The van der Waals surface area contributed by atoms with Crippen LogP contribution in [0.1, 0.15) is 0 Å². The highest BCUT2D eigenvalue weighted by Crippen LogP contribution is 2.26. The molecule has 0 bridgehead atoms. The summed E-state index contributed by atoms with van der Waals surface area (Å²) in [7, 11) is -7.09. The van der Waals surface area contributed by atoms with E-state index in [1.165, 1.54) is 12.1 Å². The Morgan fingerprint density at radius 1 is 1.26 bits per heavy atom. The molecule has 0 saturated carbocycles. The molecule has 0 aromatic heterocycles. The van der Waals surface area contributed by atoms with Crippen LogP contribution >= 0.6 is 31.9 Å². The first-order chi connectivity index (χ1) is 8.70. The van der Waals surface area contributed by atoms with Crippen molar-refractivity contribution in [1.29, 1.82) is 0 Å². The van der Waals surface area contributed by atoms with Gasteiger partial charge < -0.3 is 0 Å². The van der Waals surface area contributed by atoms with Crippen molar-refractivity contribution < 1.29 is 16.8 Å². The SMILES string of the molecule is O=S1(=O)C=CC(NS(=O)(=O)c2cc(Br)ccc2Br)C1. The Labute approximate surface area is 128 Å². The van der Waals surface area contributed by atoms with E-state index in [0.717, 1.165) is 5.41 Å². The minimum absolute atomic E-state index is 0.0552. The molecule has 9 heteroatoms. The van der Waals surface area contributed by atoms with Crippen molar-refractivity contribution in [2.24, 2.45) is 0 Å². The van der Waals surface area contributed by atoms with Gasteiger partial charge in [0.2, 0.25) is 10.0 Å². The highest BCUT2D eigenvalue weighted by molar-refractivity contribution is 9.11. The third kappa shape index (κ3) is 3.66. The quantitative estimate of drug-likeness (QED) is 0.792. The number of hydrogen-bond acceptors (Lipinski definition) is 4. The van der Waals surface area contributed by atoms with Crippen LogP contribution in [-0.4, -0.2) is 28.6 Å². The number of hydrogen-bond donors (Lipinski definition) is 1. The lowest BCUT2D eigenvalue weighted by molar-refractivity contribution is 0.574. The van der Waals surface area contributed by atoms with E-state index in [1.807, 2.05) is 0 Å². The summed E-state index contributed by atoms with van der Waals surface area (Å²) in [5, 5.41) is 1.02. The maximum Gasteiger partial charge on any atom is 0.242 e. The Morgan fingerprint density at radius 2 is 1.95 bits per heavy atom. The van der Waals surface area contributed by atoms with Gasteiger partial charge in [-0.25, -0.2) is 21.6 Å². The van der Waals surface area contributed by atoms with Gasteiger partial charge >= 0.3 is 0 Å². The Kier molecular flexibility index (Phi) is 4.22. The molecule has 1 aliphatic heterocycles. The molecule has 0 aliphatic carbocycles. The molecular formula is C10H9Br2NO4S2. The van der Waals surface area contributed by atoms with Crippen LogP contribution in [0, 0.1) is 0 Å². The lowest BCUT2D eigenvalue weighted by Crippen LogP contribution is -2.35. The second-order valence-corrected chi connectivity index (χ2v) is 9.34. The van der Waals surface area contributed by atoms with E-state index < -0.39 is 25.9 Å². The van der Waals surface area contributed by atoms with Gasteiger partial charge in [0.05, 0.1) is 16.7 Å². The van der Waals surface area contributed by atoms with Crippen LogP contribution in [0.5, 0.6) is 0 Å². The molecule has 1 aliphatic rings. The van der Waals surface area contributed by atoms with Gasteiger partial charge in [-0.05, 0) is 34.1 Å². The maximum atomic E-state index is 12.2. The zero-order valence-corrected chi connectivity index (χ0v) is 14.2. The second kappa shape index (κ2) is 5.28. The van der Waals surface area contributed by atoms with E-state index in [-0.39, 0.29) is 10.6 Å². The van der Waals surface area contributed by atoms with Gasteiger partial charge in [0.1, 0.15) is 0 Å². The van der Waals surface area contributed by atoms with E-state index in [0.29, 0.717) is 8.95 Å². The Bertz CT molecular complexity index is 741. The topological polar surface area (TPSA) is 80.3 Å². The van der Waals surface area contributed by atoms with Crippen molar-refractivity contribution in [2.75, 3.05) is 5.75 Å². The molecule has 0 spiro atoms. The lowest BCUT2D eigenvalue weighted by Gasteiger charge is -2.12. The van der Waals surface area contributed by atoms with Gasteiger partial charge in [0.15, 0.2) is 9.84 Å². The molecule has 1 N–H and O–H groups in total. The molecule has 19 heavy (non-hydrogen) atoms. The normalized spacial score (nSPS) is 21.7. The van der Waals surface area contributed by atoms with Crippen molar-refractivity contribution >= 4 is 51.7 Å². The molecule has 0 radical (unpaired) electrons. The van der Waals surface area contributed by atoms with E-state index in [9.17, 15) is 16.8 Å². The Hall–Kier alpha value is -0.220. The molecule has 0 amide bonds. The number of nitrogens with one attached hydrogen (secondary N) is 1. The molecule has 104 valence electrons. The summed E-state index contributed by atoms with van der Waals surface area (Å²) in [5.74, 6) is -0.252. The predicted octanol–water partition coefficient (Wildman–Crippen LogP) is 1.80. The van der Waals surface area contributed by atoms with Gasteiger partial charge in [0.25, 0.3) is 0 Å². The fourth-order valence-corrected chi connectivity index (χ4v) is 5.63. The minimum Gasteiger partial charge on any atom is -0.224 e. The molecule has 1 aromatic rings. The molecule has 1 heterocycles. The van der Waals surface area contributed by atoms with Crippen LogP contribution in [0.4, 0.5) is 0 Å². The fourth-order valence-electron chi connectivity index (χ4n) is 1.60. The molecule has 1 aromatic carbocycles. The minimum atomic E-state index is -3.79. The maximum absolute atomic E-state index is 12.2. The second-order valence-electron chi connectivity index (χ2n) is 3.96. The van der Waals surface area contributed by atoms with Crippen LogP contribution in [0.25, 0.3) is 0 Å². The summed E-state index contributed by atoms with van der Waals surface area (Å²) in [6, 6.07) is 4.00. The number of halogens is 2. The highest BCUT2D eigenvalue weighted by Gasteiger charge is 2.27. The van der Waals surface area contributed by atoms with Gasteiger partial charge in [-0.2, -0.15) is 0 Å². The molecular weight excluding hydrogens is 422 g/mol. The first kappa shape index (κ1) is 15.2. The number of sulfone groups is 1. The highest BCUT2D eigenvalue weighted by atomic mass is 79.9. The van der Waals surface area contributed by atoms with Crippen LogP contribution in [-0.2, 0) is 19.9 Å². The fraction of sp³-hybridized carbons (Fsp3) is 0.200. The summed E-state index contributed by atoms with van der Waals surface area (Å²) in [6.45, 7) is 0. The van der Waals surface area contributed by atoms with Crippen LogP contribution in [0.2, 0.25) is 0 Å². The van der Waals surface area contributed by atoms with Crippen molar-refractivity contribution in [2.45, 2.75) is 10.9 Å². The first-order valence-corrected chi connectivity index (χ1v) is 9.86. The summed E-state index contributed by atoms with van der Waals surface area (Å²) >= 11 is 6.36. The average Bonchev–Trinajstić information content (AvgIpc) is 2.60. The van der Waals surface area contributed by atoms with Gasteiger partial charge in [0, 0.05) is 14.4 Å². The summed E-state index contributed by atoms with van der Waals surface area (Å²) < 4.78 is 50.2. The lowest BCUT2D eigenvalue weighted by atomic mass is 10.4. The smallest absolute Gasteiger partial charge is 0.224 e. The predicted molar refractivity (Wildman–Crippen MR) is 78.9 cm³/mol. The molecule has 1 unspecified atom stereocenters. The van der Waals surface area contributed by atoms with E-state index in [2.05, 4.69) is 36.6 Å². The zero-order valence-electron chi connectivity index (χ0n) is 9.38. The summed E-state index contributed by atoms with van der Waals surface area (Å²) in [5.41, 5.74) is 0. The molecule has 5 nitrogen and oxygen atoms in total. The van der Waals surface area contributed by atoms with Gasteiger partial charge in [-0.15, -0.1) is 0 Å². The third-order valence-corrected chi connectivity index (χ3v) is 6.79. The van der Waals surface area contributed by atoms with Crippen LogP contribution in [0.15, 0.2) is 43.5 Å². The van der Waals surface area contributed by atoms with Crippen LogP contribution < -0.4 is 4.72 Å². The summed E-state index contributed by atoms with van der Waals surface area (Å²) in [4.78, 5) is 0.0552. The van der Waals surface area contributed by atoms with Crippen molar-refractivity contribution in [3.63, 3.8) is 0 Å². The summed E-state index contributed by atoms with van der Waals surface area (Å²) in [6.07, 6.45) is 1.33. The Balaban J connectivity index is 2.29. The molecule has 1 atom stereocenters. The molecule has 2 rings (SSSR count). The monoisotopic (exact) mass is 429 g/mol. The standard InChI is InChI=1S/C10H9Br2NO4S2/c11-7-1-2-9(12)10(5-7)19(16,17)13-8-3-4-18(14,15)6-8/h1-5,8,13H,6H2. The van der Waals surface area contributed by atoms with E-state index in [4.69, 9.17) is 0 Å².